The van der Waals surface area contributed by atoms with Gasteiger partial charge in [-0.2, -0.15) is 8.78 Å². The van der Waals surface area contributed by atoms with Crippen molar-refractivity contribution in [1.82, 2.24) is 9.55 Å². The summed E-state index contributed by atoms with van der Waals surface area (Å²) < 4.78 is 31.3. The maximum Gasteiger partial charge on any atom is 0.320 e. The molecule has 0 atom stereocenters. The Labute approximate surface area is 115 Å². The highest BCUT2D eigenvalue weighted by molar-refractivity contribution is 5.95. The standard InChI is InChI=1S/C14H14F2N2O2/c1-2-12(19)10-3-5-11(6-4-10)20-9-13-17-7-8-18(13)14(15)16/h3-8,14H,2,9H2,1H3. The SMILES string of the molecule is CCC(=O)c1ccc(OCc2nccn2C(F)F)cc1. The Morgan fingerprint density at radius 3 is 2.65 bits per heavy atom. The van der Waals surface area contributed by atoms with Gasteiger partial charge < -0.3 is 4.74 Å². The maximum absolute atomic E-state index is 12.6. The van der Waals surface area contributed by atoms with Gasteiger partial charge in [-0.25, -0.2) is 4.98 Å². The van der Waals surface area contributed by atoms with Crippen molar-refractivity contribution in [2.24, 2.45) is 0 Å². The van der Waals surface area contributed by atoms with Crippen LogP contribution in [-0.4, -0.2) is 15.3 Å². The Bertz CT molecular complexity index is 579. The zero-order valence-corrected chi connectivity index (χ0v) is 10.9. The van der Waals surface area contributed by atoms with Crippen molar-refractivity contribution in [3.05, 3.63) is 48.0 Å². The van der Waals surface area contributed by atoms with Crippen LogP contribution in [0, 0.1) is 0 Å². The molecule has 0 N–H and O–H groups in total. The Balaban J connectivity index is 2.00. The average molecular weight is 280 g/mol. The number of rotatable bonds is 6. The Kier molecular flexibility index (Phi) is 4.45. The molecule has 106 valence electrons. The summed E-state index contributed by atoms with van der Waals surface area (Å²) in [7, 11) is 0. The highest BCUT2D eigenvalue weighted by Crippen LogP contribution is 2.17. The molecule has 20 heavy (non-hydrogen) atoms. The third-order valence-corrected chi connectivity index (χ3v) is 2.82. The van der Waals surface area contributed by atoms with E-state index in [2.05, 4.69) is 4.98 Å². The number of alkyl halides is 2. The van der Waals surface area contributed by atoms with Crippen molar-refractivity contribution >= 4 is 5.78 Å². The van der Waals surface area contributed by atoms with E-state index in [0.29, 0.717) is 17.7 Å². The quantitative estimate of drug-likeness (QED) is 0.761. The second kappa shape index (κ2) is 6.27. The lowest BCUT2D eigenvalue weighted by Crippen LogP contribution is -2.07. The molecule has 0 aliphatic heterocycles. The smallest absolute Gasteiger partial charge is 0.320 e. The molecule has 4 nitrogen and oxygen atoms in total. The first-order chi connectivity index (χ1) is 9.61. The highest BCUT2D eigenvalue weighted by atomic mass is 19.3. The van der Waals surface area contributed by atoms with Crippen LogP contribution in [0.2, 0.25) is 0 Å². The fraction of sp³-hybridized carbons (Fsp3) is 0.286. The van der Waals surface area contributed by atoms with Gasteiger partial charge >= 0.3 is 6.55 Å². The second-order valence-electron chi connectivity index (χ2n) is 4.12. The molecule has 0 saturated heterocycles. The van der Waals surface area contributed by atoms with E-state index >= 15 is 0 Å². The first-order valence-corrected chi connectivity index (χ1v) is 6.17. The lowest BCUT2D eigenvalue weighted by molar-refractivity contribution is 0.0632. The zero-order chi connectivity index (χ0) is 14.5. The fourth-order valence-corrected chi connectivity index (χ4v) is 1.72. The number of benzene rings is 1. The van der Waals surface area contributed by atoms with Crippen molar-refractivity contribution in [2.75, 3.05) is 0 Å². The Hall–Kier alpha value is -2.24. The predicted molar refractivity (Wildman–Crippen MR) is 68.9 cm³/mol. The summed E-state index contributed by atoms with van der Waals surface area (Å²) in [5.41, 5.74) is 0.605. The Morgan fingerprint density at radius 2 is 2.05 bits per heavy atom. The van der Waals surface area contributed by atoms with Gasteiger partial charge in [0.15, 0.2) is 11.6 Å². The van der Waals surface area contributed by atoms with Gasteiger partial charge in [-0.05, 0) is 24.3 Å². The van der Waals surface area contributed by atoms with Crippen molar-refractivity contribution in [3.8, 4) is 5.75 Å². The Morgan fingerprint density at radius 1 is 1.35 bits per heavy atom. The van der Waals surface area contributed by atoms with E-state index in [4.69, 9.17) is 4.74 Å². The van der Waals surface area contributed by atoms with Crippen LogP contribution in [0.25, 0.3) is 0 Å². The lowest BCUT2D eigenvalue weighted by Gasteiger charge is -2.08. The molecule has 0 spiro atoms. The van der Waals surface area contributed by atoms with Crippen molar-refractivity contribution in [3.63, 3.8) is 0 Å². The van der Waals surface area contributed by atoms with Crippen LogP contribution in [0.4, 0.5) is 8.78 Å². The number of hydrogen-bond donors (Lipinski definition) is 0. The molecular weight excluding hydrogens is 266 g/mol. The minimum atomic E-state index is -2.64. The van der Waals surface area contributed by atoms with E-state index in [-0.39, 0.29) is 18.2 Å². The molecule has 0 unspecified atom stereocenters. The van der Waals surface area contributed by atoms with Gasteiger partial charge in [0.1, 0.15) is 12.4 Å². The molecule has 0 radical (unpaired) electrons. The number of ether oxygens (including phenoxy) is 1. The first kappa shape index (κ1) is 14.2. The summed E-state index contributed by atoms with van der Waals surface area (Å²) in [5, 5.41) is 0. The van der Waals surface area contributed by atoms with Gasteiger partial charge in [0, 0.05) is 24.4 Å². The van der Waals surface area contributed by atoms with E-state index in [0.717, 1.165) is 4.57 Å². The van der Waals surface area contributed by atoms with Gasteiger partial charge in [-0.15, -0.1) is 0 Å². The number of nitrogens with zero attached hydrogens (tertiary/aromatic N) is 2. The molecule has 0 fully saturated rings. The number of carbonyl (C=O) groups excluding carboxylic acids is 1. The summed E-state index contributed by atoms with van der Waals surface area (Å²) in [6, 6.07) is 6.58. The molecule has 2 aromatic rings. The highest BCUT2D eigenvalue weighted by Gasteiger charge is 2.11. The molecule has 1 aromatic heterocycles. The number of carbonyl (C=O) groups is 1. The first-order valence-electron chi connectivity index (χ1n) is 6.17. The third-order valence-electron chi connectivity index (χ3n) is 2.82. The van der Waals surface area contributed by atoms with E-state index in [1.165, 1.54) is 12.4 Å². The average Bonchev–Trinajstić information content (AvgIpc) is 2.93. The van der Waals surface area contributed by atoms with E-state index in [9.17, 15) is 13.6 Å². The summed E-state index contributed by atoms with van der Waals surface area (Å²) in [4.78, 5) is 15.3. The molecular formula is C14H14F2N2O2. The molecule has 0 aliphatic carbocycles. The number of hydrogen-bond acceptors (Lipinski definition) is 3. The van der Waals surface area contributed by atoms with Crippen LogP contribution in [0.5, 0.6) is 5.75 Å². The predicted octanol–water partition coefficient (Wildman–Crippen LogP) is 3.45. The molecule has 0 amide bonds. The van der Waals surface area contributed by atoms with E-state index < -0.39 is 6.55 Å². The molecule has 0 saturated carbocycles. The van der Waals surface area contributed by atoms with Crippen LogP contribution < -0.4 is 4.74 Å². The zero-order valence-electron chi connectivity index (χ0n) is 10.9. The van der Waals surface area contributed by atoms with Gasteiger partial charge in [0.25, 0.3) is 0 Å². The second-order valence-corrected chi connectivity index (χ2v) is 4.12. The van der Waals surface area contributed by atoms with Gasteiger partial charge in [-0.3, -0.25) is 9.36 Å². The van der Waals surface area contributed by atoms with Crippen LogP contribution >= 0.6 is 0 Å². The van der Waals surface area contributed by atoms with E-state index in [1.807, 2.05) is 0 Å². The number of imidazole rings is 1. The molecule has 1 heterocycles. The minimum Gasteiger partial charge on any atom is -0.486 e. The number of ketones is 1. The fourth-order valence-electron chi connectivity index (χ4n) is 1.72. The van der Waals surface area contributed by atoms with Crippen molar-refractivity contribution < 1.29 is 18.3 Å². The minimum absolute atomic E-state index is 0.0461. The lowest BCUT2D eigenvalue weighted by atomic mass is 10.1. The number of Topliss-reactive ketones (excluding diaryl/α,β-unsaturated/α-hetero) is 1. The maximum atomic E-state index is 12.6. The van der Waals surface area contributed by atoms with E-state index in [1.54, 1.807) is 31.2 Å². The molecule has 1 aromatic carbocycles. The largest absolute Gasteiger partial charge is 0.486 e. The van der Waals surface area contributed by atoms with Crippen molar-refractivity contribution in [2.45, 2.75) is 26.5 Å². The topological polar surface area (TPSA) is 44.1 Å². The van der Waals surface area contributed by atoms with Gasteiger partial charge in [-0.1, -0.05) is 6.92 Å². The summed E-state index contributed by atoms with van der Waals surface area (Å²) in [6.45, 7) is -0.907. The summed E-state index contributed by atoms with van der Waals surface area (Å²) in [5.74, 6) is 0.694. The summed E-state index contributed by atoms with van der Waals surface area (Å²) in [6.07, 6.45) is 2.94. The number of aromatic nitrogens is 2. The molecule has 0 aliphatic rings. The van der Waals surface area contributed by atoms with Crippen LogP contribution in [0.3, 0.4) is 0 Å². The van der Waals surface area contributed by atoms with Crippen LogP contribution in [0.1, 0.15) is 36.1 Å². The molecule has 2 rings (SSSR count). The van der Waals surface area contributed by atoms with Crippen molar-refractivity contribution in [1.29, 1.82) is 0 Å². The van der Waals surface area contributed by atoms with Crippen LogP contribution in [0.15, 0.2) is 36.7 Å². The summed E-state index contributed by atoms with van der Waals surface area (Å²) >= 11 is 0. The van der Waals surface area contributed by atoms with Gasteiger partial charge in [0.2, 0.25) is 0 Å². The van der Waals surface area contributed by atoms with Crippen LogP contribution in [-0.2, 0) is 6.61 Å². The molecule has 0 bridgehead atoms. The normalized spacial score (nSPS) is 10.8. The number of halogens is 2. The third kappa shape index (κ3) is 3.20. The monoisotopic (exact) mass is 280 g/mol. The van der Waals surface area contributed by atoms with Gasteiger partial charge in [0.05, 0.1) is 0 Å². The molecule has 6 heteroatoms.